The van der Waals surface area contributed by atoms with Crippen LogP contribution in [0.1, 0.15) is 94.9 Å². The molecule has 0 aromatic rings. The number of esters is 1. The second-order valence-corrected chi connectivity index (χ2v) is 18.0. The topological polar surface area (TPSA) is 163 Å². The summed E-state index contributed by atoms with van der Waals surface area (Å²) in [5, 5.41) is 47.0. The summed E-state index contributed by atoms with van der Waals surface area (Å²) in [7, 11) is 1.53. The molecule has 4 N–H and O–H groups in total. The average molecular weight is 809 g/mol. The molecule has 13 nitrogen and oxygen atoms in total. The van der Waals surface area contributed by atoms with Crippen molar-refractivity contribution in [2.45, 2.75) is 179 Å². The molecule has 4 heterocycles. The minimum atomic E-state index is -1.85. The SMILES string of the molecule is C=CC[N+](CC=C)(CC=C)[C@H]1C[C@@H](C)O[C@@H](O[C@@H]2[C@@H](C)[C@H](O[C@H]3C[C@@](C)(OC)[C@@H](O)[C@H](C)O3)[C@@H](C)C(=O)O[C@H](CC)[C@@](C)(O)[C@H](O)[C@@H](C)C3=C(C)C[C@@]2(C)O3)[C@@H]1O. The van der Waals surface area contributed by atoms with Gasteiger partial charge in [-0.25, -0.2) is 0 Å². The number of methoxy groups -OCH3 is 1. The summed E-state index contributed by atoms with van der Waals surface area (Å²) < 4.78 is 45.8. The van der Waals surface area contributed by atoms with Crippen LogP contribution in [0, 0.1) is 17.8 Å². The van der Waals surface area contributed by atoms with Gasteiger partial charge >= 0.3 is 5.97 Å². The van der Waals surface area contributed by atoms with Crippen LogP contribution >= 0.6 is 0 Å². The maximum absolute atomic E-state index is 14.3. The van der Waals surface area contributed by atoms with E-state index in [9.17, 15) is 25.2 Å². The largest absolute Gasteiger partial charge is 0.489 e. The molecule has 3 fully saturated rings. The van der Waals surface area contributed by atoms with Crippen molar-refractivity contribution in [3.8, 4) is 0 Å². The van der Waals surface area contributed by atoms with Gasteiger partial charge in [-0.2, -0.15) is 0 Å². The Morgan fingerprint density at radius 1 is 0.912 bits per heavy atom. The van der Waals surface area contributed by atoms with Gasteiger partial charge < -0.3 is 58.1 Å². The Hall–Kier alpha value is -2.17. The van der Waals surface area contributed by atoms with Crippen LogP contribution < -0.4 is 0 Å². The van der Waals surface area contributed by atoms with Crippen LogP contribution in [0.4, 0.5) is 0 Å². The first-order valence-corrected chi connectivity index (χ1v) is 20.8. The van der Waals surface area contributed by atoms with Gasteiger partial charge in [-0.05, 0) is 78.7 Å². The monoisotopic (exact) mass is 809 g/mol. The van der Waals surface area contributed by atoms with E-state index >= 15 is 0 Å². The number of ether oxygens (including phenoxy) is 7. The van der Waals surface area contributed by atoms with Gasteiger partial charge in [0.15, 0.2) is 18.7 Å². The van der Waals surface area contributed by atoms with Crippen LogP contribution in [0.25, 0.3) is 0 Å². The zero-order valence-corrected chi connectivity index (χ0v) is 36.4. The van der Waals surface area contributed by atoms with E-state index in [1.165, 1.54) is 14.0 Å². The number of carbonyl (C=O) groups excluding carboxylic acids is 1. The van der Waals surface area contributed by atoms with Gasteiger partial charge in [0, 0.05) is 38.2 Å². The highest BCUT2D eigenvalue weighted by atomic mass is 16.7. The Labute approximate surface area is 341 Å². The Balaban J connectivity index is 1.88. The highest BCUT2D eigenvalue weighted by Crippen LogP contribution is 2.48. The maximum atomic E-state index is 14.3. The quantitative estimate of drug-likeness (QED) is 0.116. The van der Waals surface area contributed by atoms with Crippen LogP contribution in [-0.2, 0) is 38.0 Å². The van der Waals surface area contributed by atoms with Crippen molar-refractivity contribution in [2.24, 2.45) is 17.8 Å². The summed E-state index contributed by atoms with van der Waals surface area (Å²) in [6.07, 6.45) is -2.52. The number of aliphatic hydroxyl groups is 4. The summed E-state index contributed by atoms with van der Waals surface area (Å²) >= 11 is 0. The fraction of sp³-hybridized carbons (Fsp3) is 0.795. The molecule has 0 aliphatic carbocycles. The number of hydrogen-bond donors (Lipinski definition) is 4. The first-order valence-electron chi connectivity index (χ1n) is 20.8. The lowest BCUT2D eigenvalue weighted by Crippen LogP contribution is -2.67. The summed E-state index contributed by atoms with van der Waals surface area (Å²) in [6, 6.07) is -0.342. The second-order valence-electron chi connectivity index (χ2n) is 18.0. The highest BCUT2D eigenvalue weighted by Gasteiger charge is 2.57. The molecule has 13 heteroatoms. The van der Waals surface area contributed by atoms with Crippen molar-refractivity contribution in [1.82, 2.24) is 0 Å². The molecule has 0 radical (unpaired) electrons. The average Bonchev–Trinajstić information content (AvgIpc) is 3.47. The molecule has 3 saturated heterocycles. The van der Waals surface area contributed by atoms with Gasteiger partial charge in [-0.15, -0.1) is 0 Å². The molecule has 0 saturated carbocycles. The summed E-state index contributed by atoms with van der Waals surface area (Å²) in [6.45, 7) is 31.7. The minimum absolute atomic E-state index is 0.152. The maximum Gasteiger partial charge on any atom is 0.311 e. The van der Waals surface area contributed by atoms with E-state index in [0.29, 0.717) is 42.7 Å². The van der Waals surface area contributed by atoms with Gasteiger partial charge in [0.2, 0.25) is 0 Å². The zero-order chi connectivity index (χ0) is 42.8. The van der Waals surface area contributed by atoms with Crippen LogP contribution in [0.3, 0.4) is 0 Å². The lowest BCUT2D eigenvalue weighted by atomic mass is 9.78. The molecular formula is C44H74NO12+. The van der Waals surface area contributed by atoms with Crippen LogP contribution in [0.5, 0.6) is 0 Å². The molecule has 0 aromatic heterocycles. The van der Waals surface area contributed by atoms with E-state index in [0.717, 1.165) is 5.57 Å². The molecule has 0 aromatic carbocycles. The predicted molar refractivity (Wildman–Crippen MR) is 215 cm³/mol. The van der Waals surface area contributed by atoms with Gasteiger partial charge in [-0.1, -0.05) is 40.5 Å². The van der Waals surface area contributed by atoms with Crippen LogP contribution in [0.15, 0.2) is 49.3 Å². The standard InChI is InChI=1S/C44H74NO12/c1-15-19-45(20-16-2,21-17-3)31-22-26(6)52-41(34(31)46)56-39-28(8)36(55-33-24-42(11,51-14)38(48)30(10)53-33)29(9)40(49)54-32(18-4)44(13,50)37(47)27(7)35-25(5)23-43(39,12)57-35/h15-17,26-34,36-39,41,46-48,50H,1-3,18-24H2,4-14H3/q+1/t26-,27+,28+,29-,30+,31+,32-,33+,34-,36+,37-,38+,39-,41+,42-,43-,44-/m1/s1. The number of cyclic esters (lactones) is 1. The number of nitrogens with zero attached hydrogens (tertiary/aromatic N) is 1. The molecule has 17 atom stereocenters. The zero-order valence-electron chi connectivity index (χ0n) is 36.4. The smallest absolute Gasteiger partial charge is 0.311 e. The first kappa shape index (κ1) is 47.5. The number of fused-ring (bicyclic) bond motifs is 2. The third-order valence-electron chi connectivity index (χ3n) is 13.5. The summed E-state index contributed by atoms with van der Waals surface area (Å²) in [5.74, 6) is -2.47. The number of carbonyl (C=O) groups is 1. The third kappa shape index (κ3) is 9.43. The lowest BCUT2D eigenvalue weighted by molar-refractivity contribution is -0.942. The Bertz CT molecular complexity index is 1430. The van der Waals surface area contributed by atoms with Crippen LogP contribution in [0.2, 0.25) is 0 Å². The Morgan fingerprint density at radius 3 is 2.05 bits per heavy atom. The number of quaternary nitrogens is 1. The number of hydrogen-bond acceptors (Lipinski definition) is 12. The van der Waals surface area contributed by atoms with Gasteiger partial charge in [-0.3, -0.25) is 4.79 Å². The van der Waals surface area contributed by atoms with Crippen molar-refractivity contribution in [3.05, 3.63) is 49.3 Å². The molecule has 57 heavy (non-hydrogen) atoms. The van der Waals surface area contributed by atoms with Crippen molar-refractivity contribution < 1.29 is 62.9 Å². The summed E-state index contributed by atoms with van der Waals surface area (Å²) in [5.41, 5.74) is -3.13. The van der Waals surface area contributed by atoms with E-state index in [2.05, 4.69) is 19.7 Å². The van der Waals surface area contributed by atoms with Gasteiger partial charge in [0.05, 0.1) is 55.6 Å². The minimum Gasteiger partial charge on any atom is -0.489 e. The van der Waals surface area contributed by atoms with E-state index in [-0.39, 0.29) is 25.0 Å². The number of rotatable bonds is 13. The fourth-order valence-corrected chi connectivity index (χ4v) is 10.2. The lowest BCUT2D eigenvalue weighted by Gasteiger charge is -2.51. The normalized spacial score (nSPS) is 44.9. The molecule has 4 rings (SSSR count). The van der Waals surface area contributed by atoms with Crippen LogP contribution in [-0.4, -0.2) is 142 Å². The van der Waals surface area contributed by atoms with Gasteiger partial charge in [0.25, 0.3) is 0 Å². The van der Waals surface area contributed by atoms with E-state index in [1.54, 1.807) is 34.6 Å². The third-order valence-corrected chi connectivity index (χ3v) is 13.5. The number of aliphatic hydroxyl groups excluding tert-OH is 3. The molecular weight excluding hydrogens is 734 g/mol. The molecule has 0 amide bonds. The molecule has 2 bridgehead atoms. The van der Waals surface area contributed by atoms with Crippen molar-refractivity contribution in [1.29, 1.82) is 0 Å². The van der Waals surface area contributed by atoms with Gasteiger partial charge in [0.1, 0.15) is 41.3 Å². The molecule has 326 valence electrons. The first-order chi connectivity index (χ1) is 26.6. The van der Waals surface area contributed by atoms with Crippen molar-refractivity contribution in [2.75, 3.05) is 26.7 Å². The Kier molecular flexibility index (Phi) is 15.5. The Morgan fingerprint density at radius 2 is 1.51 bits per heavy atom. The summed E-state index contributed by atoms with van der Waals surface area (Å²) in [4.78, 5) is 14.3. The van der Waals surface area contributed by atoms with E-state index in [1.807, 2.05) is 45.9 Å². The van der Waals surface area contributed by atoms with Crippen molar-refractivity contribution >= 4 is 5.97 Å². The van der Waals surface area contributed by atoms with E-state index < -0.39 is 95.8 Å². The molecule has 4 aliphatic heterocycles. The fourth-order valence-electron chi connectivity index (χ4n) is 10.2. The second kappa shape index (κ2) is 18.6. The highest BCUT2D eigenvalue weighted by molar-refractivity contribution is 5.73. The molecule has 4 aliphatic rings. The predicted octanol–water partition coefficient (Wildman–Crippen LogP) is 4.71. The molecule has 0 spiro atoms. The van der Waals surface area contributed by atoms with Crippen molar-refractivity contribution in [3.63, 3.8) is 0 Å². The van der Waals surface area contributed by atoms with E-state index in [4.69, 9.17) is 33.2 Å². The molecule has 0 unspecified atom stereocenters.